The Bertz CT molecular complexity index is 995. The van der Waals surface area contributed by atoms with Crippen molar-refractivity contribution in [1.82, 2.24) is 25.4 Å². The fourth-order valence-electron chi connectivity index (χ4n) is 2.81. The Labute approximate surface area is 178 Å². The minimum absolute atomic E-state index is 0.0807. The van der Waals surface area contributed by atoms with Crippen LogP contribution >= 0.6 is 0 Å². The topological polar surface area (TPSA) is 85.6 Å². The number of ether oxygens (including phenoxy) is 2. The van der Waals surface area contributed by atoms with Gasteiger partial charge in [0.2, 0.25) is 0 Å². The lowest BCUT2D eigenvalue weighted by Gasteiger charge is -2.15. The minimum atomic E-state index is -2.91. The molecule has 0 saturated heterocycles. The molecule has 0 fully saturated rings. The number of halogens is 2. The van der Waals surface area contributed by atoms with Crippen molar-refractivity contribution in [3.63, 3.8) is 0 Å². The van der Waals surface area contributed by atoms with E-state index in [0.29, 0.717) is 36.2 Å². The number of pyridine rings is 1. The maximum Gasteiger partial charge on any atom is 0.387 e. The van der Waals surface area contributed by atoms with Crippen LogP contribution in [0, 0.1) is 0 Å². The number of aliphatic imine (C=N–C) groups is 1. The summed E-state index contributed by atoms with van der Waals surface area (Å²) in [6.07, 6.45) is 5.20. The predicted molar refractivity (Wildman–Crippen MR) is 113 cm³/mol. The van der Waals surface area contributed by atoms with E-state index in [0.717, 1.165) is 5.56 Å². The average Bonchev–Trinajstić information content (AvgIpc) is 3.31. The van der Waals surface area contributed by atoms with Gasteiger partial charge in [0, 0.05) is 37.2 Å². The van der Waals surface area contributed by atoms with E-state index in [9.17, 15) is 8.78 Å². The Morgan fingerprint density at radius 2 is 2.06 bits per heavy atom. The first-order valence-corrected chi connectivity index (χ1v) is 9.68. The molecule has 8 nitrogen and oxygen atoms in total. The van der Waals surface area contributed by atoms with Crippen molar-refractivity contribution in [2.45, 2.75) is 26.6 Å². The molecule has 2 aromatic heterocycles. The number of guanidine groups is 1. The van der Waals surface area contributed by atoms with E-state index in [2.05, 4.69) is 30.4 Å². The first-order chi connectivity index (χ1) is 15.1. The zero-order valence-electron chi connectivity index (χ0n) is 17.3. The summed E-state index contributed by atoms with van der Waals surface area (Å²) in [6.45, 7) is 0.282. The Morgan fingerprint density at radius 3 is 2.77 bits per heavy atom. The molecule has 0 spiro atoms. The van der Waals surface area contributed by atoms with Crippen molar-refractivity contribution in [3.8, 4) is 17.3 Å². The highest BCUT2D eigenvalue weighted by Gasteiger charge is 2.12. The van der Waals surface area contributed by atoms with Crippen molar-refractivity contribution in [3.05, 3.63) is 66.1 Å². The van der Waals surface area contributed by atoms with E-state index >= 15 is 0 Å². The molecule has 1 aromatic carbocycles. The van der Waals surface area contributed by atoms with Gasteiger partial charge in [-0.1, -0.05) is 0 Å². The lowest BCUT2D eigenvalue weighted by molar-refractivity contribution is -0.0504. The fraction of sp³-hybridized carbons (Fsp3) is 0.286. The molecule has 2 heterocycles. The summed E-state index contributed by atoms with van der Waals surface area (Å²) in [5.41, 5.74) is 1.47. The van der Waals surface area contributed by atoms with E-state index in [1.807, 2.05) is 31.3 Å². The van der Waals surface area contributed by atoms with Crippen molar-refractivity contribution < 1.29 is 18.3 Å². The minimum Gasteiger partial charge on any atom is -0.497 e. The number of nitrogens with zero attached hydrogens (tertiary/aromatic N) is 4. The van der Waals surface area contributed by atoms with E-state index < -0.39 is 6.61 Å². The Kier molecular flexibility index (Phi) is 7.74. The van der Waals surface area contributed by atoms with Crippen LogP contribution in [0.3, 0.4) is 0 Å². The lowest BCUT2D eigenvalue weighted by atomic mass is 10.2. The van der Waals surface area contributed by atoms with E-state index in [4.69, 9.17) is 4.74 Å². The summed E-state index contributed by atoms with van der Waals surface area (Å²) in [7, 11) is 1.51. The summed E-state index contributed by atoms with van der Waals surface area (Å²) in [5, 5.41) is 10.5. The molecule has 0 atom stereocenters. The number of methoxy groups -OCH3 is 1. The van der Waals surface area contributed by atoms with Gasteiger partial charge in [-0.25, -0.2) is 14.7 Å². The van der Waals surface area contributed by atoms with E-state index in [1.54, 1.807) is 29.2 Å². The molecule has 164 valence electrons. The van der Waals surface area contributed by atoms with Crippen LogP contribution in [0.5, 0.6) is 11.5 Å². The highest BCUT2D eigenvalue weighted by Crippen LogP contribution is 2.25. The quantitative estimate of drug-likeness (QED) is 0.401. The third kappa shape index (κ3) is 6.39. The van der Waals surface area contributed by atoms with Gasteiger partial charge in [0.05, 0.1) is 13.7 Å². The zero-order chi connectivity index (χ0) is 22.1. The summed E-state index contributed by atoms with van der Waals surface area (Å²) in [6, 6.07) is 10.3. The van der Waals surface area contributed by atoms with Crippen molar-refractivity contribution in [2.75, 3.05) is 13.7 Å². The van der Waals surface area contributed by atoms with Crippen LogP contribution in [0.25, 0.3) is 5.82 Å². The molecule has 0 bridgehead atoms. The van der Waals surface area contributed by atoms with Gasteiger partial charge < -0.3 is 20.1 Å². The van der Waals surface area contributed by atoms with Crippen molar-refractivity contribution in [2.24, 2.45) is 4.99 Å². The zero-order valence-corrected chi connectivity index (χ0v) is 17.3. The number of rotatable bonds is 9. The predicted octanol–water partition coefficient (Wildman–Crippen LogP) is 3.13. The second-order valence-electron chi connectivity index (χ2n) is 6.37. The third-order valence-electron chi connectivity index (χ3n) is 4.24. The maximum absolute atomic E-state index is 12.7. The van der Waals surface area contributed by atoms with E-state index in [-0.39, 0.29) is 12.3 Å². The first-order valence-electron chi connectivity index (χ1n) is 9.68. The summed E-state index contributed by atoms with van der Waals surface area (Å²) >= 11 is 0. The molecule has 3 rings (SSSR count). The van der Waals surface area contributed by atoms with Crippen LogP contribution in [0.15, 0.2) is 60.0 Å². The SMILES string of the molecule is CCNC(=NCc1ccnc(-n2cccn2)c1)NCc1cc(OC)ccc1OC(F)F. The second-order valence-corrected chi connectivity index (χ2v) is 6.37. The van der Waals surface area contributed by atoms with Crippen molar-refractivity contribution in [1.29, 1.82) is 0 Å². The lowest BCUT2D eigenvalue weighted by Crippen LogP contribution is -2.36. The van der Waals surface area contributed by atoms with Gasteiger partial charge >= 0.3 is 6.61 Å². The average molecular weight is 430 g/mol. The third-order valence-corrected chi connectivity index (χ3v) is 4.24. The molecule has 0 unspecified atom stereocenters. The molecule has 0 aliphatic carbocycles. The molecular formula is C21H24F2N6O2. The van der Waals surface area contributed by atoms with Gasteiger partial charge in [0.15, 0.2) is 11.8 Å². The number of aromatic nitrogens is 3. The van der Waals surface area contributed by atoms with Crippen LogP contribution < -0.4 is 20.1 Å². The summed E-state index contributed by atoms with van der Waals surface area (Å²) in [4.78, 5) is 8.88. The molecular weight excluding hydrogens is 406 g/mol. The van der Waals surface area contributed by atoms with E-state index in [1.165, 1.54) is 13.2 Å². The number of alkyl halides is 2. The van der Waals surface area contributed by atoms with Crippen LogP contribution in [-0.4, -0.2) is 41.0 Å². The molecule has 0 saturated carbocycles. The molecule has 0 aliphatic rings. The van der Waals surface area contributed by atoms with Gasteiger partial charge in [-0.2, -0.15) is 13.9 Å². The van der Waals surface area contributed by atoms with Crippen LogP contribution in [0.2, 0.25) is 0 Å². The Balaban J connectivity index is 1.72. The summed E-state index contributed by atoms with van der Waals surface area (Å²) in [5.74, 6) is 1.85. The first kappa shape index (κ1) is 22.0. The molecule has 0 aliphatic heterocycles. The smallest absolute Gasteiger partial charge is 0.387 e. The van der Waals surface area contributed by atoms with Crippen molar-refractivity contribution >= 4 is 5.96 Å². The number of hydrogen-bond donors (Lipinski definition) is 2. The number of benzene rings is 1. The number of nitrogens with one attached hydrogen (secondary N) is 2. The van der Waals surface area contributed by atoms with Crippen LogP contribution in [0.1, 0.15) is 18.1 Å². The fourth-order valence-corrected chi connectivity index (χ4v) is 2.81. The van der Waals surface area contributed by atoms with Gasteiger partial charge in [0.25, 0.3) is 0 Å². The monoisotopic (exact) mass is 430 g/mol. The summed E-state index contributed by atoms with van der Waals surface area (Å²) < 4.78 is 36.9. The van der Waals surface area contributed by atoms with Gasteiger partial charge in [-0.05, 0) is 48.9 Å². The molecule has 3 aromatic rings. The molecule has 0 amide bonds. The molecule has 0 radical (unpaired) electrons. The Morgan fingerprint density at radius 1 is 1.19 bits per heavy atom. The molecule has 31 heavy (non-hydrogen) atoms. The largest absolute Gasteiger partial charge is 0.497 e. The standard InChI is InChI=1S/C21H24F2N6O2/c1-3-24-21(26-13-15-7-9-25-19(11-15)29-10-4-8-28-29)27-14-16-12-17(30-2)5-6-18(16)31-20(22)23/h4-12,20H,3,13-14H2,1-2H3,(H2,24,26,27). The maximum atomic E-state index is 12.7. The second kappa shape index (κ2) is 10.9. The highest BCUT2D eigenvalue weighted by atomic mass is 19.3. The molecule has 2 N–H and O–H groups in total. The molecule has 10 heteroatoms. The van der Waals surface area contributed by atoms with Gasteiger partial charge in [-0.15, -0.1) is 0 Å². The van der Waals surface area contributed by atoms with Crippen LogP contribution in [0.4, 0.5) is 8.78 Å². The highest BCUT2D eigenvalue weighted by molar-refractivity contribution is 5.79. The normalized spacial score (nSPS) is 11.5. The van der Waals surface area contributed by atoms with Gasteiger partial charge in [-0.3, -0.25) is 0 Å². The van der Waals surface area contributed by atoms with Crippen LogP contribution in [-0.2, 0) is 13.1 Å². The Hall–Kier alpha value is -3.69. The van der Waals surface area contributed by atoms with Gasteiger partial charge in [0.1, 0.15) is 11.5 Å². The number of hydrogen-bond acceptors (Lipinski definition) is 5.